The lowest BCUT2D eigenvalue weighted by Gasteiger charge is -2.39. The highest BCUT2D eigenvalue weighted by Crippen LogP contribution is 2.46. The molecule has 1 aromatic carbocycles. The molecule has 3 rings (SSSR count). The van der Waals surface area contributed by atoms with Gasteiger partial charge < -0.3 is 5.11 Å². The summed E-state index contributed by atoms with van der Waals surface area (Å²) < 4.78 is 0. The summed E-state index contributed by atoms with van der Waals surface area (Å²) in [6, 6.07) is 6.85. The molecular formula is C16H21NO2. The lowest BCUT2D eigenvalue weighted by Crippen LogP contribution is -2.43. The monoisotopic (exact) mass is 259 g/mol. The van der Waals surface area contributed by atoms with Crippen LogP contribution in [-0.2, 0) is 16.6 Å². The Balaban J connectivity index is 1.77. The Bertz CT molecular complexity index is 501. The standard InChI is InChI=1S/C16H21NO2/c1-12-2-3-14-13(10-12)4-5-16(14)6-8-17(9-7-16)11-15(18)19/h2-3,10H,4-9,11H2,1H3,(H,18,19). The topological polar surface area (TPSA) is 40.5 Å². The molecule has 1 aliphatic carbocycles. The summed E-state index contributed by atoms with van der Waals surface area (Å²) in [6.45, 7) is 4.18. The Morgan fingerprint density at radius 1 is 1.32 bits per heavy atom. The predicted molar refractivity (Wildman–Crippen MR) is 74.5 cm³/mol. The van der Waals surface area contributed by atoms with E-state index in [0.29, 0.717) is 5.41 Å². The molecule has 1 heterocycles. The van der Waals surface area contributed by atoms with E-state index in [0.717, 1.165) is 25.9 Å². The van der Waals surface area contributed by atoms with E-state index in [1.165, 1.54) is 29.5 Å². The van der Waals surface area contributed by atoms with E-state index in [2.05, 4.69) is 30.0 Å². The van der Waals surface area contributed by atoms with Crippen molar-refractivity contribution >= 4 is 5.97 Å². The number of carboxylic acid groups (broad SMARTS) is 1. The molecule has 19 heavy (non-hydrogen) atoms. The van der Waals surface area contributed by atoms with Crippen LogP contribution in [0.1, 0.15) is 36.0 Å². The number of aryl methyl sites for hydroxylation is 2. The van der Waals surface area contributed by atoms with Crippen LogP contribution in [0.4, 0.5) is 0 Å². The van der Waals surface area contributed by atoms with Gasteiger partial charge in [-0.1, -0.05) is 23.8 Å². The van der Waals surface area contributed by atoms with Crippen LogP contribution in [-0.4, -0.2) is 35.6 Å². The normalized spacial score (nSPS) is 21.5. The molecular weight excluding hydrogens is 238 g/mol. The maximum atomic E-state index is 10.8. The summed E-state index contributed by atoms with van der Waals surface area (Å²) >= 11 is 0. The van der Waals surface area contributed by atoms with E-state index in [1.807, 2.05) is 0 Å². The summed E-state index contributed by atoms with van der Waals surface area (Å²) in [5, 5.41) is 8.87. The molecule has 0 saturated carbocycles. The van der Waals surface area contributed by atoms with Crippen LogP contribution >= 0.6 is 0 Å². The fourth-order valence-corrected chi connectivity index (χ4v) is 3.81. The van der Waals surface area contributed by atoms with Crippen LogP contribution in [0.2, 0.25) is 0 Å². The molecule has 0 aromatic heterocycles. The third kappa shape index (κ3) is 2.27. The highest BCUT2D eigenvalue weighted by Gasteiger charge is 2.41. The number of likely N-dealkylation sites (tertiary alicyclic amines) is 1. The second-order valence-corrected chi connectivity index (χ2v) is 6.11. The number of piperidine rings is 1. The van der Waals surface area contributed by atoms with Crippen molar-refractivity contribution in [2.24, 2.45) is 0 Å². The maximum Gasteiger partial charge on any atom is 0.317 e. The van der Waals surface area contributed by atoms with Crippen molar-refractivity contribution < 1.29 is 9.90 Å². The van der Waals surface area contributed by atoms with Gasteiger partial charge in [-0.15, -0.1) is 0 Å². The number of carboxylic acids is 1. The van der Waals surface area contributed by atoms with Gasteiger partial charge in [0.15, 0.2) is 0 Å². The van der Waals surface area contributed by atoms with Crippen LogP contribution in [0, 0.1) is 6.92 Å². The first kappa shape index (κ1) is 12.7. The molecule has 1 N–H and O–H groups in total. The molecule has 0 unspecified atom stereocenters. The first-order valence-electron chi connectivity index (χ1n) is 7.13. The van der Waals surface area contributed by atoms with Crippen molar-refractivity contribution in [3.05, 3.63) is 34.9 Å². The Hall–Kier alpha value is -1.35. The van der Waals surface area contributed by atoms with Crippen molar-refractivity contribution in [2.75, 3.05) is 19.6 Å². The van der Waals surface area contributed by atoms with E-state index in [1.54, 1.807) is 0 Å². The van der Waals surface area contributed by atoms with Gasteiger partial charge in [-0.3, -0.25) is 9.69 Å². The molecule has 3 nitrogen and oxygen atoms in total. The van der Waals surface area contributed by atoms with Crippen LogP contribution in [0.5, 0.6) is 0 Å². The van der Waals surface area contributed by atoms with E-state index in [-0.39, 0.29) is 6.54 Å². The lowest BCUT2D eigenvalue weighted by atomic mass is 9.74. The molecule has 3 heteroatoms. The Morgan fingerprint density at radius 3 is 2.74 bits per heavy atom. The maximum absolute atomic E-state index is 10.8. The first-order chi connectivity index (χ1) is 9.09. The zero-order valence-electron chi connectivity index (χ0n) is 11.5. The summed E-state index contributed by atoms with van der Waals surface area (Å²) in [5.41, 5.74) is 4.73. The average molecular weight is 259 g/mol. The quantitative estimate of drug-likeness (QED) is 0.886. The van der Waals surface area contributed by atoms with Crippen LogP contribution in [0.25, 0.3) is 0 Å². The molecule has 0 bridgehead atoms. The van der Waals surface area contributed by atoms with Gasteiger partial charge in [0.1, 0.15) is 0 Å². The molecule has 0 amide bonds. The second kappa shape index (κ2) is 4.64. The number of hydrogen-bond donors (Lipinski definition) is 1. The first-order valence-corrected chi connectivity index (χ1v) is 7.13. The third-order valence-electron chi connectivity index (χ3n) is 4.88. The number of benzene rings is 1. The molecule has 0 radical (unpaired) electrons. The van der Waals surface area contributed by atoms with E-state index >= 15 is 0 Å². The predicted octanol–water partition coefficient (Wildman–Crippen LogP) is 2.36. The molecule has 102 valence electrons. The van der Waals surface area contributed by atoms with Crippen LogP contribution in [0.15, 0.2) is 18.2 Å². The fraction of sp³-hybridized carbons (Fsp3) is 0.562. The Labute approximate surface area is 114 Å². The van der Waals surface area contributed by atoms with Gasteiger partial charge in [0.25, 0.3) is 0 Å². The van der Waals surface area contributed by atoms with Gasteiger partial charge in [0.05, 0.1) is 6.54 Å². The molecule has 1 aromatic rings. The van der Waals surface area contributed by atoms with Gasteiger partial charge in [0, 0.05) is 0 Å². The number of hydrogen-bond acceptors (Lipinski definition) is 2. The van der Waals surface area contributed by atoms with Gasteiger partial charge in [-0.25, -0.2) is 0 Å². The largest absolute Gasteiger partial charge is 0.480 e. The molecule has 2 aliphatic rings. The summed E-state index contributed by atoms with van der Waals surface area (Å²) in [5.74, 6) is -0.710. The third-order valence-corrected chi connectivity index (χ3v) is 4.88. The van der Waals surface area contributed by atoms with Crippen molar-refractivity contribution in [1.82, 2.24) is 4.90 Å². The van der Waals surface area contributed by atoms with Gasteiger partial charge in [0.2, 0.25) is 0 Å². The van der Waals surface area contributed by atoms with Crippen LogP contribution < -0.4 is 0 Å². The lowest BCUT2D eigenvalue weighted by molar-refractivity contribution is -0.138. The van der Waals surface area contributed by atoms with Crippen molar-refractivity contribution in [3.63, 3.8) is 0 Å². The van der Waals surface area contributed by atoms with Crippen molar-refractivity contribution in [3.8, 4) is 0 Å². The van der Waals surface area contributed by atoms with Gasteiger partial charge in [-0.2, -0.15) is 0 Å². The minimum atomic E-state index is -0.710. The highest BCUT2D eigenvalue weighted by atomic mass is 16.4. The highest BCUT2D eigenvalue weighted by molar-refractivity contribution is 5.69. The second-order valence-electron chi connectivity index (χ2n) is 6.11. The van der Waals surface area contributed by atoms with Crippen molar-refractivity contribution in [2.45, 2.75) is 38.0 Å². The van der Waals surface area contributed by atoms with Gasteiger partial charge in [-0.05, 0) is 62.2 Å². The zero-order valence-corrected chi connectivity index (χ0v) is 11.5. The molecule has 0 atom stereocenters. The van der Waals surface area contributed by atoms with Crippen LogP contribution in [0.3, 0.4) is 0 Å². The number of carbonyl (C=O) groups is 1. The molecule has 1 saturated heterocycles. The smallest absolute Gasteiger partial charge is 0.317 e. The summed E-state index contributed by atoms with van der Waals surface area (Å²) in [7, 11) is 0. The molecule has 1 fully saturated rings. The average Bonchev–Trinajstić information content (AvgIpc) is 2.70. The molecule has 1 aliphatic heterocycles. The number of aliphatic carboxylic acids is 1. The van der Waals surface area contributed by atoms with Crippen molar-refractivity contribution in [1.29, 1.82) is 0 Å². The minimum Gasteiger partial charge on any atom is -0.480 e. The van der Waals surface area contributed by atoms with E-state index < -0.39 is 5.97 Å². The summed E-state index contributed by atoms with van der Waals surface area (Å²) in [6.07, 6.45) is 4.65. The van der Waals surface area contributed by atoms with Gasteiger partial charge >= 0.3 is 5.97 Å². The minimum absolute atomic E-state index is 0.191. The molecule has 1 spiro atoms. The fourth-order valence-electron chi connectivity index (χ4n) is 3.81. The Kier molecular flexibility index (Phi) is 3.09. The number of nitrogens with zero attached hydrogens (tertiary/aromatic N) is 1. The Morgan fingerprint density at radius 2 is 2.05 bits per heavy atom. The van der Waals surface area contributed by atoms with E-state index in [4.69, 9.17) is 5.11 Å². The SMILES string of the molecule is Cc1ccc2c(c1)CCC21CCN(CC(=O)O)CC1. The summed E-state index contributed by atoms with van der Waals surface area (Å²) in [4.78, 5) is 12.8. The zero-order chi connectivity index (χ0) is 13.5. The van der Waals surface area contributed by atoms with E-state index in [9.17, 15) is 4.79 Å². The number of rotatable bonds is 2. The number of fused-ring (bicyclic) bond motifs is 2.